The van der Waals surface area contributed by atoms with E-state index in [9.17, 15) is 13.2 Å². The Morgan fingerprint density at radius 1 is 1.19 bits per heavy atom. The Hall–Kier alpha value is -2.26. The van der Waals surface area contributed by atoms with Crippen LogP contribution in [0.15, 0.2) is 42.1 Å². The highest BCUT2D eigenvalue weighted by Gasteiger charge is 2.50. The minimum absolute atomic E-state index is 0.0427. The minimum Gasteiger partial charge on any atom is -0.339 e. The van der Waals surface area contributed by atoms with E-state index < -0.39 is 15.4 Å². The molecule has 27 heavy (non-hydrogen) atoms. The Morgan fingerprint density at radius 2 is 1.96 bits per heavy atom. The first kappa shape index (κ1) is 18.1. The number of imidazole rings is 1. The van der Waals surface area contributed by atoms with E-state index in [1.165, 1.54) is 16.8 Å². The number of pyridine rings is 1. The van der Waals surface area contributed by atoms with Gasteiger partial charge in [0.15, 0.2) is 5.03 Å². The number of aromatic nitrogens is 3. The fourth-order valence-corrected chi connectivity index (χ4v) is 5.61. The van der Waals surface area contributed by atoms with E-state index in [2.05, 4.69) is 9.97 Å². The highest BCUT2D eigenvalue weighted by atomic mass is 32.2. The normalized spacial score (nSPS) is 24.0. The first-order valence-electron chi connectivity index (χ1n) is 9.07. The van der Waals surface area contributed by atoms with E-state index in [0.29, 0.717) is 32.5 Å². The zero-order valence-electron chi connectivity index (χ0n) is 15.3. The molecule has 1 atom stereocenters. The lowest BCUT2D eigenvalue weighted by Gasteiger charge is -2.37. The number of amides is 1. The van der Waals surface area contributed by atoms with Crippen LogP contribution in [0, 0.1) is 5.41 Å². The zero-order valence-corrected chi connectivity index (χ0v) is 16.1. The van der Waals surface area contributed by atoms with Gasteiger partial charge in [-0.3, -0.25) is 9.78 Å². The van der Waals surface area contributed by atoms with E-state index >= 15 is 0 Å². The van der Waals surface area contributed by atoms with Crippen molar-refractivity contribution < 1.29 is 13.2 Å². The molecule has 2 aliphatic rings. The van der Waals surface area contributed by atoms with Gasteiger partial charge in [0, 0.05) is 51.8 Å². The molecule has 8 nitrogen and oxygen atoms in total. The van der Waals surface area contributed by atoms with Gasteiger partial charge in [0.25, 0.3) is 10.0 Å². The maximum atomic E-state index is 13.2. The molecule has 0 aliphatic carbocycles. The summed E-state index contributed by atoms with van der Waals surface area (Å²) in [6.45, 7) is 1.85. The van der Waals surface area contributed by atoms with Crippen LogP contribution in [0.2, 0.25) is 0 Å². The van der Waals surface area contributed by atoms with Crippen molar-refractivity contribution in [2.45, 2.75) is 30.8 Å². The maximum absolute atomic E-state index is 13.2. The van der Waals surface area contributed by atoms with Crippen LogP contribution in [0.4, 0.5) is 0 Å². The number of piperidine rings is 1. The molecule has 4 rings (SSSR count). The molecule has 2 fully saturated rings. The van der Waals surface area contributed by atoms with Crippen LogP contribution in [-0.4, -0.2) is 57.7 Å². The van der Waals surface area contributed by atoms with Gasteiger partial charge in [0.2, 0.25) is 5.91 Å². The van der Waals surface area contributed by atoms with Crippen LogP contribution >= 0.6 is 0 Å². The second-order valence-electron chi connectivity index (χ2n) is 7.43. The predicted octanol–water partition coefficient (Wildman–Crippen LogP) is 1.02. The summed E-state index contributed by atoms with van der Waals surface area (Å²) in [4.78, 5) is 23.0. The lowest BCUT2D eigenvalue weighted by molar-refractivity contribution is -0.138. The second kappa shape index (κ2) is 6.72. The molecule has 2 aromatic heterocycles. The van der Waals surface area contributed by atoms with Gasteiger partial charge >= 0.3 is 0 Å². The number of carbonyl (C=O) groups is 1. The van der Waals surface area contributed by atoms with Gasteiger partial charge in [-0.05, 0) is 37.0 Å². The highest BCUT2D eigenvalue weighted by molar-refractivity contribution is 7.89. The molecule has 1 amide bonds. The molecular formula is C18H23N5O3S. The van der Waals surface area contributed by atoms with Gasteiger partial charge in [-0.2, -0.15) is 4.31 Å². The van der Waals surface area contributed by atoms with Crippen LogP contribution in [0.25, 0.3) is 0 Å². The Balaban J connectivity index is 1.53. The Labute approximate surface area is 158 Å². The van der Waals surface area contributed by atoms with E-state index in [1.807, 2.05) is 17.0 Å². The van der Waals surface area contributed by atoms with Gasteiger partial charge in [-0.15, -0.1) is 0 Å². The molecule has 0 saturated carbocycles. The third-order valence-electron chi connectivity index (χ3n) is 5.55. The van der Waals surface area contributed by atoms with Crippen molar-refractivity contribution in [3.8, 4) is 0 Å². The summed E-state index contributed by atoms with van der Waals surface area (Å²) in [5.41, 5.74) is 0.414. The molecule has 0 bridgehead atoms. The Kier molecular flexibility index (Phi) is 4.51. The fraction of sp³-hybridized carbons (Fsp3) is 0.500. The van der Waals surface area contributed by atoms with Gasteiger partial charge in [-0.1, -0.05) is 0 Å². The number of aryl methyl sites for hydroxylation is 1. The number of rotatable bonds is 4. The highest BCUT2D eigenvalue weighted by Crippen LogP contribution is 2.41. The van der Waals surface area contributed by atoms with Gasteiger partial charge in [0.1, 0.15) is 0 Å². The van der Waals surface area contributed by atoms with Crippen molar-refractivity contribution >= 4 is 15.9 Å². The summed E-state index contributed by atoms with van der Waals surface area (Å²) in [6, 6.07) is 3.80. The predicted molar refractivity (Wildman–Crippen MR) is 97.9 cm³/mol. The van der Waals surface area contributed by atoms with E-state index in [-0.39, 0.29) is 17.5 Å². The Morgan fingerprint density at radius 3 is 2.67 bits per heavy atom. The molecular weight excluding hydrogens is 366 g/mol. The first-order valence-corrected chi connectivity index (χ1v) is 10.5. The van der Waals surface area contributed by atoms with Crippen molar-refractivity contribution in [1.82, 2.24) is 23.7 Å². The molecule has 4 heterocycles. The zero-order chi connectivity index (χ0) is 19.1. The SMILES string of the molecule is Cn1cnc(S(=O)(=O)N2CCCC3(CCN(Cc4ccncc4)C3=O)C2)c1. The van der Waals surface area contributed by atoms with E-state index in [4.69, 9.17) is 0 Å². The summed E-state index contributed by atoms with van der Waals surface area (Å²) < 4.78 is 28.9. The number of carbonyl (C=O) groups excluding carboxylic acids is 1. The summed E-state index contributed by atoms with van der Waals surface area (Å²) in [6.07, 6.45) is 8.51. The fourth-order valence-electron chi connectivity index (χ4n) is 4.08. The van der Waals surface area contributed by atoms with Crippen LogP contribution in [0.1, 0.15) is 24.8 Å². The summed E-state index contributed by atoms with van der Waals surface area (Å²) in [5, 5.41) is 0.0427. The average Bonchev–Trinajstić information content (AvgIpc) is 3.23. The number of hydrogen-bond donors (Lipinski definition) is 0. The average molecular weight is 389 g/mol. The first-order chi connectivity index (χ1) is 12.9. The third-order valence-corrected chi connectivity index (χ3v) is 7.28. The number of sulfonamides is 1. The maximum Gasteiger partial charge on any atom is 0.262 e. The van der Waals surface area contributed by atoms with E-state index in [1.54, 1.807) is 24.0 Å². The lowest BCUT2D eigenvalue weighted by Crippen LogP contribution is -2.49. The van der Waals surface area contributed by atoms with Crippen molar-refractivity contribution in [1.29, 1.82) is 0 Å². The molecule has 0 N–H and O–H groups in total. The van der Waals surface area contributed by atoms with Crippen molar-refractivity contribution in [2.24, 2.45) is 12.5 Å². The molecule has 0 radical (unpaired) electrons. The van der Waals surface area contributed by atoms with Gasteiger partial charge in [-0.25, -0.2) is 13.4 Å². The van der Waals surface area contributed by atoms with Crippen LogP contribution in [-0.2, 0) is 28.4 Å². The smallest absolute Gasteiger partial charge is 0.262 e. The molecule has 2 saturated heterocycles. The largest absolute Gasteiger partial charge is 0.339 e. The van der Waals surface area contributed by atoms with E-state index in [0.717, 1.165) is 12.0 Å². The molecule has 1 spiro atoms. The molecule has 1 unspecified atom stereocenters. The number of likely N-dealkylation sites (tertiary alicyclic amines) is 1. The Bertz CT molecular complexity index is 943. The topological polar surface area (TPSA) is 88.4 Å². The van der Waals surface area contributed by atoms with Crippen LogP contribution < -0.4 is 0 Å². The van der Waals surface area contributed by atoms with Gasteiger partial charge in [0.05, 0.1) is 11.7 Å². The lowest BCUT2D eigenvalue weighted by atomic mass is 9.79. The van der Waals surface area contributed by atoms with Crippen LogP contribution in [0.5, 0.6) is 0 Å². The van der Waals surface area contributed by atoms with Crippen molar-refractivity contribution in [3.05, 3.63) is 42.6 Å². The summed E-state index contributed by atoms with van der Waals surface area (Å²) >= 11 is 0. The third kappa shape index (κ3) is 3.25. The molecule has 144 valence electrons. The summed E-state index contributed by atoms with van der Waals surface area (Å²) in [5.74, 6) is 0.0558. The standard InChI is InChI=1S/C18H23N5O3S/c1-21-12-16(20-14-21)27(25,26)23-9-2-5-18(13-23)6-10-22(17(18)24)11-15-3-7-19-8-4-15/h3-4,7-8,12,14H,2,5-6,9-11,13H2,1H3. The molecule has 0 aromatic carbocycles. The molecule has 2 aromatic rings. The minimum atomic E-state index is -3.68. The van der Waals surface area contributed by atoms with Crippen molar-refractivity contribution in [3.63, 3.8) is 0 Å². The number of hydrogen-bond acceptors (Lipinski definition) is 5. The van der Waals surface area contributed by atoms with Crippen LogP contribution in [0.3, 0.4) is 0 Å². The number of nitrogens with zero attached hydrogens (tertiary/aromatic N) is 5. The quantitative estimate of drug-likeness (QED) is 0.779. The molecule has 2 aliphatic heterocycles. The van der Waals surface area contributed by atoms with Gasteiger partial charge < -0.3 is 9.47 Å². The molecule has 9 heteroatoms. The second-order valence-corrected chi connectivity index (χ2v) is 9.32. The van der Waals surface area contributed by atoms with Crippen molar-refractivity contribution in [2.75, 3.05) is 19.6 Å². The summed E-state index contributed by atoms with van der Waals surface area (Å²) in [7, 11) is -1.94. The monoisotopic (exact) mass is 389 g/mol.